The second-order valence-corrected chi connectivity index (χ2v) is 8.48. The number of ether oxygens (including phenoxy) is 1. The first-order valence-corrected chi connectivity index (χ1v) is 10.2. The summed E-state index contributed by atoms with van der Waals surface area (Å²) in [6.45, 7) is 7.70. The molecule has 3 nitrogen and oxygen atoms in total. The minimum Gasteiger partial charge on any atom is -0.466 e. The van der Waals surface area contributed by atoms with Crippen LogP contribution in [0.2, 0.25) is 0 Å². The lowest BCUT2D eigenvalue weighted by Crippen LogP contribution is -2.26. The van der Waals surface area contributed by atoms with Crippen molar-refractivity contribution < 1.29 is 27.5 Å². The van der Waals surface area contributed by atoms with Crippen molar-refractivity contribution in [3.8, 4) is 0 Å². The number of carbonyl (C=O) groups excluding carboxylic acids is 2. The summed E-state index contributed by atoms with van der Waals surface area (Å²) in [6, 6.07) is 5.49. The topological polar surface area (TPSA) is 43.4 Å². The van der Waals surface area contributed by atoms with Crippen LogP contribution in [0.4, 0.5) is 13.2 Å². The van der Waals surface area contributed by atoms with Crippen LogP contribution in [0.1, 0.15) is 44.2 Å². The van der Waals surface area contributed by atoms with Crippen LogP contribution in [0.5, 0.6) is 0 Å². The van der Waals surface area contributed by atoms with Gasteiger partial charge in [0.25, 0.3) is 0 Å². The number of carbonyl (C=O) groups is 2. The Labute approximate surface area is 175 Å². The molecule has 0 heterocycles. The van der Waals surface area contributed by atoms with Gasteiger partial charge in [0, 0.05) is 11.5 Å². The van der Waals surface area contributed by atoms with Gasteiger partial charge in [-0.3, -0.25) is 4.79 Å². The maximum Gasteiger partial charge on any atom is 0.416 e. The molecule has 2 aliphatic rings. The van der Waals surface area contributed by atoms with Crippen molar-refractivity contribution in [2.75, 3.05) is 7.11 Å². The molecular weight excluding hydrogens is 393 g/mol. The van der Waals surface area contributed by atoms with Crippen LogP contribution < -0.4 is 0 Å². The molecule has 3 rings (SSSR count). The Kier molecular flexibility index (Phi) is 6.25. The highest BCUT2D eigenvalue weighted by Gasteiger charge is 2.46. The Morgan fingerprint density at radius 2 is 1.90 bits per heavy atom. The third-order valence-corrected chi connectivity index (χ3v) is 6.78. The van der Waals surface area contributed by atoms with Gasteiger partial charge in [0.05, 0.1) is 12.7 Å². The van der Waals surface area contributed by atoms with Crippen molar-refractivity contribution in [1.82, 2.24) is 0 Å². The van der Waals surface area contributed by atoms with E-state index in [1.807, 2.05) is 6.92 Å². The molecule has 0 spiro atoms. The van der Waals surface area contributed by atoms with E-state index in [0.717, 1.165) is 24.5 Å². The van der Waals surface area contributed by atoms with Crippen LogP contribution in [-0.4, -0.2) is 18.9 Å². The van der Waals surface area contributed by atoms with Crippen molar-refractivity contribution in [3.05, 3.63) is 58.7 Å². The van der Waals surface area contributed by atoms with E-state index in [2.05, 4.69) is 6.58 Å². The first-order chi connectivity index (χ1) is 14.1. The Bertz CT molecular complexity index is 897. The minimum absolute atomic E-state index is 0.0625. The second-order valence-electron chi connectivity index (χ2n) is 8.48. The number of halogens is 3. The van der Waals surface area contributed by atoms with Crippen LogP contribution >= 0.6 is 0 Å². The molecule has 0 amide bonds. The number of allylic oxidation sites excluding steroid dienone is 2. The van der Waals surface area contributed by atoms with Gasteiger partial charge < -0.3 is 4.74 Å². The average Bonchev–Trinajstić information content (AvgIpc) is 2.83. The highest BCUT2D eigenvalue weighted by atomic mass is 19.4. The standard InChI is InChI=1S/C24H27F3O3/c1-13-9-10-16(14(2)23(29)30-4)11-18-15(3)22(28)19(21(13)18)12-17-7-5-6-8-20(17)24(25,26)27/h5-8,13,16,19,21H,2,9-12H2,1,3-4H3/t13-,16+,19?,21-/m0/s1. The molecule has 0 aromatic heterocycles. The van der Waals surface area contributed by atoms with Gasteiger partial charge in [0.2, 0.25) is 0 Å². The molecule has 0 N–H and O–H groups in total. The maximum absolute atomic E-state index is 13.5. The summed E-state index contributed by atoms with van der Waals surface area (Å²) >= 11 is 0. The second kappa shape index (κ2) is 8.40. The molecule has 1 fully saturated rings. The molecule has 30 heavy (non-hydrogen) atoms. The first kappa shape index (κ1) is 22.3. The molecule has 0 radical (unpaired) electrons. The Morgan fingerprint density at radius 1 is 1.23 bits per heavy atom. The molecule has 0 bridgehead atoms. The number of methoxy groups -OCH3 is 1. The van der Waals surface area contributed by atoms with Crippen molar-refractivity contribution in [2.24, 2.45) is 23.7 Å². The van der Waals surface area contributed by atoms with Crippen molar-refractivity contribution in [3.63, 3.8) is 0 Å². The van der Waals surface area contributed by atoms with E-state index in [-0.39, 0.29) is 35.5 Å². The number of rotatable bonds is 4. The molecule has 2 aliphatic carbocycles. The number of Topliss-reactive ketones (excluding diaryl/α,β-unsaturated/α-hetero) is 1. The number of esters is 1. The van der Waals surface area contributed by atoms with E-state index in [9.17, 15) is 22.8 Å². The predicted molar refractivity (Wildman–Crippen MR) is 107 cm³/mol. The van der Waals surface area contributed by atoms with Gasteiger partial charge in [-0.15, -0.1) is 0 Å². The molecule has 1 saturated carbocycles. The molecule has 4 atom stereocenters. The van der Waals surface area contributed by atoms with E-state index < -0.39 is 23.6 Å². The van der Waals surface area contributed by atoms with Crippen LogP contribution in [-0.2, 0) is 26.9 Å². The number of hydrogen-bond acceptors (Lipinski definition) is 3. The zero-order valence-electron chi connectivity index (χ0n) is 17.5. The number of ketones is 1. The lowest BCUT2D eigenvalue weighted by atomic mass is 9.77. The summed E-state index contributed by atoms with van der Waals surface area (Å²) in [5.41, 5.74) is 1.47. The van der Waals surface area contributed by atoms with Crippen LogP contribution in [0.15, 0.2) is 47.6 Å². The Hall–Kier alpha value is -2.37. The SMILES string of the molecule is C=C(C(=O)OC)[C@@H]1CC[C@H](C)[C@H]2C(=C(C)C(=O)C2Cc2ccccc2C(F)(F)F)C1. The molecule has 162 valence electrons. The summed E-state index contributed by atoms with van der Waals surface area (Å²) in [7, 11) is 1.31. The van der Waals surface area contributed by atoms with Crippen molar-refractivity contribution in [1.29, 1.82) is 0 Å². The van der Waals surface area contributed by atoms with Crippen LogP contribution in [0, 0.1) is 23.7 Å². The Balaban J connectivity index is 1.93. The average molecular weight is 420 g/mol. The maximum atomic E-state index is 13.5. The van der Waals surface area contributed by atoms with E-state index in [0.29, 0.717) is 17.6 Å². The summed E-state index contributed by atoms with van der Waals surface area (Å²) < 4.78 is 45.2. The fourth-order valence-electron chi connectivity index (χ4n) is 5.16. The number of benzene rings is 1. The van der Waals surface area contributed by atoms with E-state index in [4.69, 9.17) is 4.74 Å². The number of fused-ring (bicyclic) bond motifs is 1. The molecule has 0 saturated heterocycles. The summed E-state index contributed by atoms with van der Waals surface area (Å²) in [5.74, 6) is -1.16. The van der Waals surface area contributed by atoms with E-state index >= 15 is 0 Å². The summed E-state index contributed by atoms with van der Waals surface area (Å²) in [4.78, 5) is 25.1. The monoisotopic (exact) mass is 420 g/mol. The summed E-state index contributed by atoms with van der Waals surface area (Å²) in [5, 5.41) is 0. The lowest BCUT2D eigenvalue weighted by molar-refractivity contribution is -0.138. The van der Waals surface area contributed by atoms with Crippen LogP contribution in [0.25, 0.3) is 0 Å². The van der Waals surface area contributed by atoms with Gasteiger partial charge in [0.15, 0.2) is 5.78 Å². The quantitative estimate of drug-likeness (QED) is 0.474. The highest BCUT2D eigenvalue weighted by molar-refractivity contribution is 6.01. The molecule has 6 heteroatoms. The van der Waals surface area contributed by atoms with Gasteiger partial charge in [-0.05, 0) is 67.6 Å². The predicted octanol–water partition coefficient (Wildman–Crippen LogP) is 5.54. The van der Waals surface area contributed by atoms with Gasteiger partial charge in [-0.1, -0.05) is 37.3 Å². The normalized spacial score (nSPS) is 26.9. The fraction of sp³-hybridized carbons (Fsp3) is 0.500. The smallest absolute Gasteiger partial charge is 0.416 e. The van der Waals surface area contributed by atoms with Gasteiger partial charge in [-0.25, -0.2) is 4.79 Å². The molecule has 1 unspecified atom stereocenters. The third kappa shape index (κ3) is 4.09. The molecule has 1 aromatic rings. The van der Waals surface area contributed by atoms with Crippen molar-refractivity contribution in [2.45, 2.75) is 45.7 Å². The van der Waals surface area contributed by atoms with E-state index in [1.165, 1.54) is 19.2 Å². The van der Waals surface area contributed by atoms with Crippen LogP contribution in [0.3, 0.4) is 0 Å². The van der Waals surface area contributed by atoms with Gasteiger partial charge in [0.1, 0.15) is 0 Å². The van der Waals surface area contributed by atoms with Crippen molar-refractivity contribution >= 4 is 11.8 Å². The number of alkyl halides is 3. The van der Waals surface area contributed by atoms with Gasteiger partial charge in [-0.2, -0.15) is 13.2 Å². The lowest BCUT2D eigenvalue weighted by Gasteiger charge is -2.27. The fourth-order valence-corrected chi connectivity index (χ4v) is 5.16. The zero-order chi connectivity index (χ0) is 22.2. The Morgan fingerprint density at radius 3 is 2.53 bits per heavy atom. The molecule has 1 aromatic carbocycles. The minimum atomic E-state index is -4.46. The molecular formula is C24H27F3O3. The zero-order valence-corrected chi connectivity index (χ0v) is 17.5. The highest BCUT2D eigenvalue weighted by Crippen LogP contribution is 2.49. The van der Waals surface area contributed by atoms with E-state index in [1.54, 1.807) is 13.0 Å². The third-order valence-electron chi connectivity index (χ3n) is 6.78. The largest absolute Gasteiger partial charge is 0.466 e. The van der Waals surface area contributed by atoms with Gasteiger partial charge >= 0.3 is 12.1 Å². The summed E-state index contributed by atoms with van der Waals surface area (Å²) in [6.07, 6.45) is -2.36. The number of hydrogen-bond donors (Lipinski definition) is 0. The molecule has 0 aliphatic heterocycles. The first-order valence-electron chi connectivity index (χ1n) is 10.2.